The Balaban J connectivity index is 2.06. The van der Waals surface area contributed by atoms with Gasteiger partial charge < -0.3 is 15.4 Å². The highest BCUT2D eigenvalue weighted by Gasteiger charge is 2.13. The van der Waals surface area contributed by atoms with E-state index in [1.165, 1.54) is 0 Å². The summed E-state index contributed by atoms with van der Waals surface area (Å²) in [5.74, 6) is -0.709. The first kappa shape index (κ1) is 15.2. The lowest BCUT2D eigenvalue weighted by molar-refractivity contribution is -0.139. The van der Waals surface area contributed by atoms with Crippen molar-refractivity contribution in [3.8, 4) is 0 Å². The molecule has 1 saturated heterocycles. The van der Waals surface area contributed by atoms with Gasteiger partial charge in [0.1, 0.15) is 0 Å². The second kappa shape index (κ2) is 9.13. The number of morpholine rings is 1. The largest absolute Gasteiger partial charge is 0.379 e. The number of nitrogens with zero attached hydrogens (tertiary/aromatic N) is 1. The molecule has 104 valence electrons. The van der Waals surface area contributed by atoms with E-state index >= 15 is 0 Å². The fraction of sp³-hybridized carbons (Fsp3) is 0.818. The zero-order valence-electron chi connectivity index (χ0n) is 10.4. The normalized spacial score (nSPS) is 16.3. The van der Waals surface area contributed by atoms with Crippen molar-refractivity contribution in [1.82, 2.24) is 15.5 Å². The molecule has 1 aliphatic heterocycles. The summed E-state index contributed by atoms with van der Waals surface area (Å²) in [6.45, 7) is 4.85. The van der Waals surface area contributed by atoms with E-state index < -0.39 is 11.8 Å². The van der Waals surface area contributed by atoms with Crippen LogP contribution in [-0.4, -0.2) is 68.5 Å². The van der Waals surface area contributed by atoms with Crippen LogP contribution in [0.5, 0.6) is 0 Å². The van der Waals surface area contributed by atoms with Gasteiger partial charge in [-0.3, -0.25) is 14.5 Å². The van der Waals surface area contributed by atoms with Crippen molar-refractivity contribution in [1.29, 1.82) is 0 Å². The number of hydrogen-bond acceptors (Lipinski definition) is 4. The number of carbonyl (C=O) groups is 2. The van der Waals surface area contributed by atoms with Gasteiger partial charge >= 0.3 is 11.8 Å². The quantitative estimate of drug-likeness (QED) is 0.378. The lowest BCUT2D eigenvalue weighted by Gasteiger charge is -2.26. The van der Waals surface area contributed by atoms with Crippen molar-refractivity contribution < 1.29 is 14.3 Å². The van der Waals surface area contributed by atoms with Gasteiger partial charge in [-0.2, -0.15) is 0 Å². The lowest BCUT2D eigenvalue weighted by atomic mass is 10.4. The van der Waals surface area contributed by atoms with E-state index in [1.807, 2.05) is 0 Å². The van der Waals surface area contributed by atoms with Crippen molar-refractivity contribution >= 4 is 23.4 Å². The summed E-state index contributed by atoms with van der Waals surface area (Å²) < 4.78 is 5.22. The van der Waals surface area contributed by atoms with Crippen LogP contribution in [0, 0.1) is 0 Å². The molecule has 0 aromatic carbocycles. The smallest absolute Gasteiger partial charge is 0.309 e. The van der Waals surface area contributed by atoms with Gasteiger partial charge in [-0.05, 0) is 6.42 Å². The standard InChI is InChI=1S/C11H20ClN3O3/c12-2-1-3-13-10(16)11(17)14-4-5-15-6-8-18-9-7-15/h1-9H2,(H,13,16)(H,14,17). The van der Waals surface area contributed by atoms with Gasteiger partial charge in [-0.15, -0.1) is 11.6 Å². The van der Waals surface area contributed by atoms with Crippen LogP contribution in [-0.2, 0) is 14.3 Å². The Morgan fingerprint density at radius 2 is 1.72 bits per heavy atom. The van der Waals surface area contributed by atoms with E-state index in [4.69, 9.17) is 16.3 Å². The van der Waals surface area contributed by atoms with Crippen LogP contribution in [0.15, 0.2) is 0 Å². The van der Waals surface area contributed by atoms with E-state index in [9.17, 15) is 9.59 Å². The minimum atomic E-state index is -0.595. The van der Waals surface area contributed by atoms with Gasteiger partial charge in [-0.1, -0.05) is 0 Å². The summed E-state index contributed by atoms with van der Waals surface area (Å²) in [6.07, 6.45) is 0.661. The highest BCUT2D eigenvalue weighted by Crippen LogP contribution is 1.94. The Labute approximate surface area is 112 Å². The highest BCUT2D eigenvalue weighted by molar-refractivity contribution is 6.35. The molecule has 1 fully saturated rings. The second-order valence-electron chi connectivity index (χ2n) is 4.01. The molecule has 2 amide bonds. The minimum Gasteiger partial charge on any atom is -0.379 e. The third-order valence-electron chi connectivity index (χ3n) is 2.62. The SMILES string of the molecule is O=C(NCCCCl)C(=O)NCCN1CCOCC1. The fourth-order valence-electron chi connectivity index (χ4n) is 1.58. The summed E-state index contributed by atoms with van der Waals surface area (Å²) in [5, 5.41) is 5.09. The first-order chi connectivity index (χ1) is 8.74. The first-order valence-electron chi connectivity index (χ1n) is 6.16. The number of amides is 2. The minimum absolute atomic E-state index is 0.430. The number of rotatable bonds is 6. The summed E-state index contributed by atoms with van der Waals surface area (Å²) in [5.41, 5.74) is 0. The van der Waals surface area contributed by atoms with Gasteiger partial charge in [0.2, 0.25) is 0 Å². The number of halogens is 1. The summed E-state index contributed by atoms with van der Waals surface area (Å²) >= 11 is 5.47. The van der Waals surface area contributed by atoms with E-state index in [1.54, 1.807) is 0 Å². The number of carbonyl (C=O) groups excluding carboxylic acids is 2. The lowest BCUT2D eigenvalue weighted by Crippen LogP contribution is -2.45. The van der Waals surface area contributed by atoms with Crippen molar-refractivity contribution in [2.24, 2.45) is 0 Å². The molecule has 1 heterocycles. The molecule has 0 unspecified atom stereocenters. The highest BCUT2D eigenvalue weighted by atomic mass is 35.5. The van der Waals surface area contributed by atoms with E-state index in [0.29, 0.717) is 25.4 Å². The first-order valence-corrected chi connectivity index (χ1v) is 6.69. The topological polar surface area (TPSA) is 70.7 Å². The molecule has 0 aromatic heterocycles. The van der Waals surface area contributed by atoms with Gasteiger partial charge in [-0.25, -0.2) is 0 Å². The van der Waals surface area contributed by atoms with E-state index in [0.717, 1.165) is 32.8 Å². The Kier molecular flexibility index (Phi) is 7.71. The van der Waals surface area contributed by atoms with E-state index in [2.05, 4.69) is 15.5 Å². The zero-order valence-corrected chi connectivity index (χ0v) is 11.2. The van der Waals surface area contributed by atoms with Crippen molar-refractivity contribution in [3.05, 3.63) is 0 Å². The molecule has 0 saturated carbocycles. The Morgan fingerprint density at radius 1 is 1.11 bits per heavy atom. The number of alkyl halides is 1. The Bertz CT molecular complexity index is 270. The molecule has 0 aromatic rings. The zero-order chi connectivity index (χ0) is 13.2. The molecular weight excluding hydrogens is 258 g/mol. The van der Waals surface area contributed by atoms with Crippen LogP contribution in [0.3, 0.4) is 0 Å². The van der Waals surface area contributed by atoms with Crippen LogP contribution >= 0.6 is 11.6 Å². The average Bonchev–Trinajstić information content (AvgIpc) is 2.40. The summed E-state index contributed by atoms with van der Waals surface area (Å²) in [7, 11) is 0. The van der Waals surface area contributed by atoms with Crippen molar-refractivity contribution in [3.63, 3.8) is 0 Å². The van der Waals surface area contributed by atoms with Crippen LogP contribution in [0.2, 0.25) is 0 Å². The molecule has 0 bridgehead atoms. The molecule has 18 heavy (non-hydrogen) atoms. The summed E-state index contributed by atoms with van der Waals surface area (Å²) in [6, 6.07) is 0. The van der Waals surface area contributed by atoms with Crippen molar-refractivity contribution in [2.75, 3.05) is 51.8 Å². The predicted molar refractivity (Wildman–Crippen MR) is 68.6 cm³/mol. The maximum atomic E-state index is 11.4. The Hall–Kier alpha value is -0.850. The number of ether oxygens (including phenoxy) is 1. The third kappa shape index (κ3) is 6.18. The van der Waals surface area contributed by atoms with E-state index in [-0.39, 0.29) is 0 Å². The molecule has 0 aliphatic carbocycles. The van der Waals surface area contributed by atoms with Gasteiger partial charge in [0, 0.05) is 38.6 Å². The number of nitrogens with one attached hydrogen (secondary N) is 2. The van der Waals surface area contributed by atoms with Crippen LogP contribution in [0.25, 0.3) is 0 Å². The molecule has 1 rings (SSSR count). The van der Waals surface area contributed by atoms with Crippen LogP contribution < -0.4 is 10.6 Å². The molecule has 6 nitrogen and oxygen atoms in total. The predicted octanol–water partition coefficient (Wildman–Crippen LogP) is -0.820. The van der Waals surface area contributed by atoms with Gasteiger partial charge in [0.15, 0.2) is 0 Å². The molecule has 0 atom stereocenters. The molecule has 2 N–H and O–H groups in total. The second-order valence-corrected chi connectivity index (χ2v) is 4.39. The molecule has 7 heteroatoms. The average molecular weight is 278 g/mol. The third-order valence-corrected chi connectivity index (χ3v) is 2.89. The van der Waals surface area contributed by atoms with Gasteiger partial charge in [0.25, 0.3) is 0 Å². The number of hydrogen-bond donors (Lipinski definition) is 2. The summed E-state index contributed by atoms with van der Waals surface area (Å²) in [4.78, 5) is 24.9. The molecular formula is C11H20ClN3O3. The van der Waals surface area contributed by atoms with Crippen LogP contribution in [0.1, 0.15) is 6.42 Å². The molecule has 0 radical (unpaired) electrons. The maximum absolute atomic E-state index is 11.4. The molecule has 0 spiro atoms. The molecule has 1 aliphatic rings. The fourth-order valence-corrected chi connectivity index (χ4v) is 1.72. The van der Waals surface area contributed by atoms with Gasteiger partial charge in [0.05, 0.1) is 13.2 Å². The van der Waals surface area contributed by atoms with Crippen molar-refractivity contribution in [2.45, 2.75) is 6.42 Å². The Morgan fingerprint density at radius 3 is 2.33 bits per heavy atom. The monoisotopic (exact) mass is 277 g/mol. The maximum Gasteiger partial charge on any atom is 0.309 e. The van der Waals surface area contributed by atoms with Crippen LogP contribution in [0.4, 0.5) is 0 Å².